The van der Waals surface area contributed by atoms with Crippen LogP contribution in [0.15, 0.2) is 12.3 Å². The van der Waals surface area contributed by atoms with Crippen LogP contribution in [0.1, 0.15) is 26.5 Å². The van der Waals surface area contributed by atoms with Crippen LogP contribution >= 0.6 is 0 Å². The molecule has 0 aromatic carbocycles. The Morgan fingerprint density at radius 1 is 1.39 bits per heavy atom. The van der Waals surface area contributed by atoms with Crippen LogP contribution in [0.25, 0.3) is 0 Å². The minimum atomic E-state index is -3.49. The van der Waals surface area contributed by atoms with E-state index in [2.05, 4.69) is 15.3 Å². The van der Waals surface area contributed by atoms with Crippen LogP contribution in [0.5, 0.6) is 0 Å². The second kappa shape index (κ2) is 5.01. The van der Waals surface area contributed by atoms with Crippen LogP contribution < -0.4 is 5.32 Å². The fourth-order valence-electron chi connectivity index (χ4n) is 1.06. The van der Waals surface area contributed by atoms with Crippen molar-refractivity contribution in [3.8, 4) is 0 Å². The highest BCUT2D eigenvalue weighted by Gasteiger charge is 2.31. The van der Waals surface area contributed by atoms with E-state index in [0.29, 0.717) is 5.69 Å². The standard InChI is InChI=1S/C11H17N3O3S/c1-8-5-6-12-10(13-8)14-9(15)7-18(16,17)11(2,3)4/h5-6H,7H2,1-4H3,(H,12,13,14,15). The van der Waals surface area contributed by atoms with Crippen molar-refractivity contribution >= 4 is 21.7 Å². The summed E-state index contributed by atoms with van der Waals surface area (Å²) >= 11 is 0. The number of aromatic nitrogens is 2. The van der Waals surface area contributed by atoms with Gasteiger partial charge in [-0.15, -0.1) is 0 Å². The van der Waals surface area contributed by atoms with Crippen molar-refractivity contribution in [3.63, 3.8) is 0 Å². The van der Waals surface area contributed by atoms with Gasteiger partial charge in [0.25, 0.3) is 0 Å². The monoisotopic (exact) mass is 271 g/mol. The highest BCUT2D eigenvalue weighted by Crippen LogP contribution is 2.16. The zero-order valence-corrected chi connectivity index (χ0v) is 11.7. The van der Waals surface area contributed by atoms with Crippen molar-refractivity contribution in [1.29, 1.82) is 0 Å². The van der Waals surface area contributed by atoms with Crippen LogP contribution in [-0.2, 0) is 14.6 Å². The number of aryl methyl sites for hydroxylation is 1. The second-order valence-electron chi connectivity index (χ2n) is 4.94. The van der Waals surface area contributed by atoms with Gasteiger partial charge in [0.05, 0.1) is 4.75 Å². The molecule has 0 radical (unpaired) electrons. The van der Waals surface area contributed by atoms with Crippen LogP contribution in [-0.4, -0.2) is 34.8 Å². The van der Waals surface area contributed by atoms with Gasteiger partial charge in [-0.3, -0.25) is 10.1 Å². The first-order valence-electron chi connectivity index (χ1n) is 5.43. The van der Waals surface area contributed by atoms with E-state index in [4.69, 9.17) is 0 Å². The zero-order chi connectivity index (χ0) is 14.0. The maximum atomic E-state index is 11.8. The normalized spacial score (nSPS) is 12.2. The van der Waals surface area contributed by atoms with E-state index in [1.807, 2.05) is 0 Å². The molecule has 1 aromatic rings. The summed E-state index contributed by atoms with van der Waals surface area (Å²) in [4.78, 5) is 19.4. The molecule has 0 saturated carbocycles. The fraction of sp³-hybridized carbons (Fsp3) is 0.545. The molecule has 1 N–H and O–H groups in total. The summed E-state index contributed by atoms with van der Waals surface area (Å²) in [5, 5.41) is 2.37. The molecule has 1 amide bonds. The summed E-state index contributed by atoms with van der Waals surface area (Å²) in [6.07, 6.45) is 1.50. The van der Waals surface area contributed by atoms with Crippen LogP contribution in [0.4, 0.5) is 5.95 Å². The number of hydrogen-bond acceptors (Lipinski definition) is 5. The first kappa shape index (κ1) is 14.6. The zero-order valence-electron chi connectivity index (χ0n) is 10.9. The molecule has 0 aliphatic carbocycles. The molecule has 0 atom stereocenters. The highest BCUT2D eigenvalue weighted by molar-refractivity contribution is 7.93. The maximum Gasteiger partial charge on any atom is 0.241 e. The average molecular weight is 271 g/mol. The minimum Gasteiger partial charge on any atom is -0.294 e. The van der Waals surface area contributed by atoms with Gasteiger partial charge in [0, 0.05) is 11.9 Å². The molecule has 0 aliphatic heterocycles. The van der Waals surface area contributed by atoms with Crippen molar-refractivity contribution < 1.29 is 13.2 Å². The Morgan fingerprint density at radius 2 is 2.00 bits per heavy atom. The van der Waals surface area contributed by atoms with Gasteiger partial charge in [-0.05, 0) is 33.8 Å². The third-order valence-corrected chi connectivity index (χ3v) is 4.81. The molecule has 1 aromatic heterocycles. The lowest BCUT2D eigenvalue weighted by atomic mass is 10.3. The highest BCUT2D eigenvalue weighted by atomic mass is 32.2. The first-order valence-corrected chi connectivity index (χ1v) is 7.09. The number of nitrogens with one attached hydrogen (secondary N) is 1. The quantitative estimate of drug-likeness (QED) is 0.883. The SMILES string of the molecule is Cc1ccnc(NC(=O)CS(=O)(=O)C(C)(C)C)n1. The van der Waals surface area contributed by atoms with Crippen molar-refractivity contribution in [2.45, 2.75) is 32.4 Å². The molecule has 100 valence electrons. The molecule has 0 spiro atoms. The largest absolute Gasteiger partial charge is 0.294 e. The number of anilines is 1. The van der Waals surface area contributed by atoms with Gasteiger partial charge in [0.2, 0.25) is 11.9 Å². The first-order chi connectivity index (χ1) is 8.12. The minimum absolute atomic E-state index is 0.115. The Balaban J connectivity index is 2.75. The Labute approximate surface area is 107 Å². The molecule has 0 saturated heterocycles. The van der Waals surface area contributed by atoms with E-state index in [1.54, 1.807) is 33.8 Å². The van der Waals surface area contributed by atoms with E-state index in [1.165, 1.54) is 6.20 Å². The molecule has 0 bridgehead atoms. The smallest absolute Gasteiger partial charge is 0.241 e. The lowest BCUT2D eigenvalue weighted by molar-refractivity contribution is -0.114. The second-order valence-corrected chi connectivity index (χ2v) is 7.68. The van der Waals surface area contributed by atoms with Gasteiger partial charge in [-0.1, -0.05) is 0 Å². The molecule has 0 aliphatic rings. The fourth-order valence-corrected chi connectivity index (χ4v) is 1.91. The lowest BCUT2D eigenvalue weighted by Crippen LogP contribution is -2.35. The van der Waals surface area contributed by atoms with Gasteiger partial charge in [0.15, 0.2) is 9.84 Å². The Morgan fingerprint density at radius 3 is 2.50 bits per heavy atom. The van der Waals surface area contributed by atoms with Crippen molar-refractivity contribution in [1.82, 2.24) is 9.97 Å². The molecule has 1 rings (SSSR count). The van der Waals surface area contributed by atoms with E-state index >= 15 is 0 Å². The average Bonchev–Trinajstić information content (AvgIpc) is 2.14. The molecular weight excluding hydrogens is 254 g/mol. The summed E-state index contributed by atoms with van der Waals surface area (Å²) in [5.41, 5.74) is 0.693. The number of hydrogen-bond donors (Lipinski definition) is 1. The number of carbonyl (C=O) groups excluding carboxylic acids is 1. The number of rotatable bonds is 3. The van der Waals surface area contributed by atoms with Gasteiger partial charge >= 0.3 is 0 Å². The molecule has 0 unspecified atom stereocenters. The molecule has 6 nitrogen and oxygen atoms in total. The number of carbonyl (C=O) groups is 1. The lowest BCUT2D eigenvalue weighted by Gasteiger charge is -2.18. The van der Waals surface area contributed by atoms with Gasteiger partial charge in [0.1, 0.15) is 5.75 Å². The van der Waals surface area contributed by atoms with E-state index in [-0.39, 0.29) is 5.95 Å². The molecule has 7 heteroatoms. The number of amides is 1. The van der Waals surface area contributed by atoms with Gasteiger partial charge in [-0.25, -0.2) is 18.4 Å². The summed E-state index contributed by atoms with van der Waals surface area (Å²) in [5.74, 6) is -1.09. The Hall–Kier alpha value is -1.50. The Kier molecular flexibility index (Phi) is 4.05. The maximum absolute atomic E-state index is 11.8. The molecule has 18 heavy (non-hydrogen) atoms. The van der Waals surface area contributed by atoms with Gasteiger partial charge < -0.3 is 0 Å². The summed E-state index contributed by atoms with van der Waals surface area (Å²) in [6.45, 7) is 6.42. The summed E-state index contributed by atoms with van der Waals surface area (Å²) in [6, 6.07) is 1.68. The third kappa shape index (κ3) is 3.76. The van der Waals surface area contributed by atoms with E-state index < -0.39 is 26.2 Å². The number of nitrogens with zero attached hydrogens (tertiary/aromatic N) is 2. The summed E-state index contributed by atoms with van der Waals surface area (Å²) < 4.78 is 22.7. The van der Waals surface area contributed by atoms with Crippen molar-refractivity contribution in [3.05, 3.63) is 18.0 Å². The topological polar surface area (TPSA) is 89.0 Å². The van der Waals surface area contributed by atoms with Crippen LogP contribution in [0, 0.1) is 6.92 Å². The van der Waals surface area contributed by atoms with Crippen molar-refractivity contribution in [2.75, 3.05) is 11.1 Å². The van der Waals surface area contributed by atoms with E-state index in [9.17, 15) is 13.2 Å². The molecular formula is C11H17N3O3S. The van der Waals surface area contributed by atoms with E-state index in [0.717, 1.165) is 0 Å². The van der Waals surface area contributed by atoms with Crippen LogP contribution in [0.2, 0.25) is 0 Å². The van der Waals surface area contributed by atoms with Crippen molar-refractivity contribution in [2.24, 2.45) is 0 Å². The third-order valence-electron chi connectivity index (χ3n) is 2.30. The predicted octanol–water partition coefficient (Wildman–Crippen LogP) is 0.937. The predicted molar refractivity (Wildman–Crippen MR) is 68.9 cm³/mol. The molecule has 0 fully saturated rings. The Bertz CT molecular complexity index is 547. The number of sulfone groups is 1. The molecule has 1 heterocycles. The van der Waals surface area contributed by atoms with Gasteiger partial charge in [-0.2, -0.15) is 0 Å². The van der Waals surface area contributed by atoms with Crippen LogP contribution in [0.3, 0.4) is 0 Å². The summed E-state index contributed by atoms with van der Waals surface area (Å²) in [7, 11) is -3.49.